The van der Waals surface area contributed by atoms with Crippen molar-refractivity contribution in [3.8, 4) is 17.6 Å². The van der Waals surface area contributed by atoms with Gasteiger partial charge in [0.25, 0.3) is 5.91 Å². The van der Waals surface area contributed by atoms with Gasteiger partial charge in [-0.25, -0.2) is 0 Å². The molecule has 0 unspecified atom stereocenters. The van der Waals surface area contributed by atoms with Crippen LogP contribution in [0.25, 0.3) is 6.08 Å². The lowest BCUT2D eigenvalue weighted by molar-refractivity contribution is -0.117. The molecule has 1 amide bonds. The zero-order valence-corrected chi connectivity index (χ0v) is 15.9. The minimum Gasteiger partial charge on any atom is -0.493 e. The van der Waals surface area contributed by atoms with E-state index in [2.05, 4.69) is 5.32 Å². The second kappa shape index (κ2) is 10.0. The summed E-state index contributed by atoms with van der Waals surface area (Å²) in [5.74, 6) is 0.783. The molecule has 0 aliphatic heterocycles. The molecular formula is C22H24N2O3. The maximum absolute atomic E-state index is 12.5. The fraction of sp³-hybridized carbons (Fsp3) is 0.273. The van der Waals surface area contributed by atoms with Crippen LogP contribution in [-0.2, 0) is 4.79 Å². The minimum absolute atomic E-state index is 0.0318. The summed E-state index contributed by atoms with van der Waals surface area (Å²) in [7, 11) is 1.57. The van der Waals surface area contributed by atoms with E-state index >= 15 is 0 Å². The number of methoxy groups -OCH3 is 1. The van der Waals surface area contributed by atoms with Crippen molar-refractivity contribution in [2.24, 2.45) is 0 Å². The number of rotatable bonds is 8. The number of hydrogen-bond donors (Lipinski definition) is 1. The van der Waals surface area contributed by atoms with Gasteiger partial charge in [0.15, 0.2) is 11.5 Å². The molecule has 2 aromatic carbocycles. The van der Waals surface area contributed by atoms with E-state index in [4.69, 9.17) is 9.47 Å². The van der Waals surface area contributed by atoms with Crippen molar-refractivity contribution >= 4 is 12.0 Å². The second-order valence-electron chi connectivity index (χ2n) is 6.03. The van der Waals surface area contributed by atoms with Crippen molar-refractivity contribution < 1.29 is 14.3 Å². The Morgan fingerprint density at radius 1 is 1.22 bits per heavy atom. The second-order valence-corrected chi connectivity index (χ2v) is 6.03. The fourth-order valence-corrected chi connectivity index (χ4v) is 2.52. The lowest BCUT2D eigenvalue weighted by Gasteiger charge is -2.14. The molecule has 0 bridgehead atoms. The standard InChI is InChI=1S/C22H24N2O3/c1-4-12-27-21-14-17(10-11-20(21)26-3)13-19(15-23)22(25)24-16(2)18-8-6-5-7-9-18/h5-11,13-14,16H,4,12H2,1-3H3,(H,24,25)/b19-13+/t16-/m0/s1. The van der Waals surface area contributed by atoms with Gasteiger partial charge < -0.3 is 14.8 Å². The van der Waals surface area contributed by atoms with Crippen LogP contribution in [0.1, 0.15) is 37.4 Å². The Balaban J connectivity index is 2.19. The number of amides is 1. The van der Waals surface area contributed by atoms with Gasteiger partial charge in [0.2, 0.25) is 0 Å². The fourth-order valence-electron chi connectivity index (χ4n) is 2.52. The molecule has 0 fully saturated rings. The van der Waals surface area contributed by atoms with Gasteiger partial charge in [0.1, 0.15) is 11.6 Å². The quantitative estimate of drug-likeness (QED) is 0.561. The van der Waals surface area contributed by atoms with Crippen LogP contribution in [0, 0.1) is 11.3 Å². The van der Waals surface area contributed by atoms with Crippen LogP contribution in [-0.4, -0.2) is 19.6 Å². The lowest BCUT2D eigenvalue weighted by atomic mass is 10.1. The summed E-state index contributed by atoms with van der Waals surface area (Å²) in [6.07, 6.45) is 2.41. The number of ether oxygens (including phenoxy) is 2. The zero-order chi connectivity index (χ0) is 19.6. The van der Waals surface area contributed by atoms with Gasteiger partial charge in [-0.15, -0.1) is 0 Å². The maximum atomic E-state index is 12.5. The van der Waals surface area contributed by atoms with Crippen LogP contribution in [0.15, 0.2) is 54.1 Å². The summed E-state index contributed by atoms with van der Waals surface area (Å²) in [5, 5.41) is 12.3. The lowest BCUT2D eigenvalue weighted by Crippen LogP contribution is -2.27. The highest BCUT2D eigenvalue weighted by Gasteiger charge is 2.14. The Labute approximate surface area is 160 Å². The summed E-state index contributed by atoms with van der Waals surface area (Å²) >= 11 is 0. The van der Waals surface area contributed by atoms with Gasteiger partial charge in [-0.3, -0.25) is 4.79 Å². The Morgan fingerprint density at radius 2 is 1.96 bits per heavy atom. The monoisotopic (exact) mass is 364 g/mol. The first-order chi connectivity index (χ1) is 13.1. The van der Waals surface area contributed by atoms with E-state index in [-0.39, 0.29) is 11.6 Å². The summed E-state index contributed by atoms with van der Waals surface area (Å²) in [5.41, 5.74) is 1.70. The van der Waals surface area contributed by atoms with Crippen molar-refractivity contribution in [3.05, 3.63) is 65.2 Å². The number of nitrogens with one attached hydrogen (secondary N) is 1. The summed E-state index contributed by atoms with van der Waals surface area (Å²) in [4.78, 5) is 12.5. The topological polar surface area (TPSA) is 71.3 Å². The van der Waals surface area contributed by atoms with Crippen LogP contribution in [0.5, 0.6) is 11.5 Å². The van der Waals surface area contributed by atoms with Crippen LogP contribution in [0.2, 0.25) is 0 Å². The van der Waals surface area contributed by atoms with Gasteiger partial charge in [0.05, 0.1) is 19.8 Å². The van der Waals surface area contributed by atoms with Crippen molar-refractivity contribution in [1.82, 2.24) is 5.32 Å². The minimum atomic E-state index is -0.416. The molecule has 1 N–H and O–H groups in total. The highest BCUT2D eigenvalue weighted by molar-refractivity contribution is 6.01. The first kappa shape index (κ1) is 20.1. The van der Waals surface area contributed by atoms with Crippen LogP contribution in [0.3, 0.4) is 0 Å². The Morgan fingerprint density at radius 3 is 2.59 bits per heavy atom. The largest absolute Gasteiger partial charge is 0.493 e. The van der Waals surface area contributed by atoms with Gasteiger partial charge in [-0.05, 0) is 42.7 Å². The Bertz CT molecular complexity index is 838. The average molecular weight is 364 g/mol. The van der Waals surface area contributed by atoms with Gasteiger partial charge in [0, 0.05) is 0 Å². The molecule has 0 radical (unpaired) electrons. The molecule has 0 saturated heterocycles. The molecule has 5 nitrogen and oxygen atoms in total. The van der Waals surface area contributed by atoms with Crippen molar-refractivity contribution in [2.45, 2.75) is 26.3 Å². The number of carbonyl (C=O) groups excluding carboxylic acids is 1. The predicted octanol–water partition coefficient (Wildman–Crippen LogP) is 4.27. The van der Waals surface area contributed by atoms with E-state index in [1.54, 1.807) is 31.4 Å². The average Bonchev–Trinajstić information content (AvgIpc) is 2.70. The third-order valence-electron chi connectivity index (χ3n) is 3.97. The number of carbonyl (C=O) groups is 1. The molecule has 0 aliphatic rings. The Kier molecular flexibility index (Phi) is 7.45. The molecule has 2 aromatic rings. The van der Waals surface area contributed by atoms with E-state index in [0.717, 1.165) is 12.0 Å². The maximum Gasteiger partial charge on any atom is 0.262 e. The van der Waals surface area contributed by atoms with E-state index in [1.165, 1.54) is 0 Å². The van der Waals surface area contributed by atoms with Crippen LogP contribution < -0.4 is 14.8 Å². The molecule has 0 aliphatic carbocycles. The molecule has 1 atom stereocenters. The van der Waals surface area contributed by atoms with Gasteiger partial charge in [-0.2, -0.15) is 5.26 Å². The van der Waals surface area contributed by atoms with E-state index in [0.29, 0.717) is 23.7 Å². The molecule has 27 heavy (non-hydrogen) atoms. The highest BCUT2D eigenvalue weighted by atomic mass is 16.5. The normalized spacial score (nSPS) is 12.0. The smallest absolute Gasteiger partial charge is 0.262 e. The van der Waals surface area contributed by atoms with Crippen LogP contribution >= 0.6 is 0 Å². The highest BCUT2D eigenvalue weighted by Crippen LogP contribution is 2.29. The van der Waals surface area contributed by atoms with Crippen molar-refractivity contribution in [3.63, 3.8) is 0 Å². The summed E-state index contributed by atoms with van der Waals surface area (Å²) in [6, 6.07) is 16.7. The third-order valence-corrected chi connectivity index (χ3v) is 3.97. The first-order valence-corrected chi connectivity index (χ1v) is 8.87. The zero-order valence-electron chi connectivity index (χ0n) is 15.9. The molecule has 0 saturated carbocycles. The van der Waals surface area contributed by atoms with Crippen molar-refractivity contribution in [1.29, 1.82) is 5.26 Å². The molecule has 0 aromatic heterocycles. The van der Waals surface area contributed by atoms with Gasteiger partial charge >= 0.3 is 0 Å². The van der Waals surface area contributed by atoms with Crippen LogP contribution in [0.4, 0.5) is 0 Å². The molecule has 0 heterocycles. The summed E-state index contributed by atoms with van der Waals surface area (Å²) < 4.78 is 11.0. The SMILES string of the molecule is CCCOc1cc(/C=C(\C#N)C(=O)N[C@@H](C)c2ccccc2)ccc1OC. The predicted molar refractivity (Wildman–Crippen MR) is 105 cm³/mol. The molecule has 5 heteroatoms. The molecular weight excluding hydrogens is 340 g/mol. The molecule has 0 spiro atoms. The van der Waals surface area contributed by atoms with E-state index in [9.17, 15) is 10.1 Å². The first-order valence-electron chi connectivity index (χ1n) is 8.87. The van der Waals surface area contributed by atoms with Crippen molar-refractivity contribution in [2.75, 3.05) is 13.7 Å². The van der Waals surface area contributed by atoms with Gasteiger partial charge in [-0.1, -0.05) is 43.3 Å². The van der Waals surface area contributed by atoms with E-state index in [1.807, 2.05) is 50.2 Å². The summed E-state index contributed by atoms with van der Waals surface area (Å²) in [6.45, 7) is 4.46. The Hall–Kier alpha value is -3.26. The number of benzene rings is 2. The van der Waals surface area contributed by atoms with E-state index < -0.39 is 5.91 Å². The third kappa shape index (κ3) is 5.61. The number of hydrogen-bond acceptors (Lipinski definition) is 4. The molecule has 140 valence electrons. The number of nitrogens with zero attached hydrogens (tertiary/aromatic N) is 1. The molecule has 2 rings (SSSR count). The number of nitriles is 1.